The van der Waals surface area contributed by atoms with Crippen LogP contribution in [0.5, 0.6) is 0 Å². The Morgan fingerprint density at radius 2 is 1.22 bits per heavy atom. The van der Waals surface area contributed by atoms with E-state index >= 15 is 4.39 Å². The quantitative estimate of drug-likeness (QED) is 0.139. The Bertz CT molecular complexity index is 1200. The van der Waals surface area contributed by atoms with Crippen LogP contribution >= 0.6 is 0 Å². The summed E-state index contributed by atoms with van der Waals surface area (Å²) < 4.78 is 70.8. The molecule has 3 aromatic carbocycles. The molecule has 0 heterocycles. The minimum Gasteiger partial charge on any atom is -0.477 e. The average Bonchev–Trinajstić information content (AvgIpc) is 2.85. The summed E-state index contributed by atoms with van der Waals surface area (Å²) >= 11 is 0. The fourth-order valence-corrected chi connectivity index (χ4v) is 4.51. The predicted molar refractivity (Wildman–Crippen MR) is 134 cm³/mol. The maximum absolute atomic E-state index is 15.1. The molecule has 2 nitrogen and oxygen atoms in total. The molecule has 0 aliphatic heterocycles. The first-order chi connectivity index (χ1) is 17.7. The Hall–Kier alpha value is -3.22. The van der Waals surface area contributed by atoms with Crippen LogP contribution in [0.3, 0.4) is 0 Å². The van der Waals surface area contributed by atoms with Crippen LogP contribution in [0.1, 0.15) is 78.9 Å². The largest absolute Gasteiger partial charge is 0.477 e. The maximum atomic E-state index is 15.1. The SMILES string of the molecule is CCCCCCCCCc1ccc(CCc2cc(F)c(C(=O)O)c(F)c2-c2cc(F)c(F)c(F)c2)cc1. The van der Waals surface area contributed by atoms with Crippen molar-refractivity contribution < 1.29 is 31.9 Å². The number of hydrogen-bond acceptors (Lipinski definition) is 1. The second kappa shape index (κ2) is 13.4. The lowest BCUT2D eigenvalue weighted by Crippen LogP contribution is -2.10. The zero-order chi connectivity index (χ0) is 26.9. The molecule has 0 aliphatic rings. The fraction of sp³-hybridized carbons (Fsp3) is 0.367. The summed E-state index contributed by atoms with van der Waals surface area (Å²) in [6.07, 6.45) is 9.96. The summed E-state index contributed by atoms with van der Waals surface area (Å²) in [4.78, 5) is 11.4. The highest BCUT2D eigenvalue weighted by molar-refractivity contribution is 5.91. The number of carbonyl (C=O) groups is 1. The van der Waals surface area contributed by atoms with Crippen molar-refractivity contribution in [3.63, 3.8) is 0 Å². The van der Waals surface area contributed by atoms with Crippen molar-refractivity contribution in [3.8, 4) is 11.1 Å². The van der Waals surface area contributed by atoms with Gasteiger partial charge in [0.15, 0.2) is 17.5 Å². The molecule has 0 saturated carbocycles. The summed E-state index contributed by atoms with van der Waals surface area (Å²) in [5, 5.41) is 9.23. The number of hydrogen-bond donors (Lipinski definition) is 1. The summed E-state index contributed by atoms with van der Waals surface area (Å²) in [5.41, 5.74) is -0.00761. The molecule has 0 atom stereocenters. The molecule has 0 amide bonds. The molecular formula is C30H31F5O2. The summed E-state index contributed by atoms with van der Waals surface area (Å²) in [7, 11) is 0. The molecule has 37 heavy (non-hydrogen) atoms. The Balaban J connectivity index is 1.75. The van der Waals surface area contributed by atoms with Gasteiger partial charge in [0.05, 0.1) is 0 Å². The van der Waals surface area contributed by atoms with Crippen LogP contribution in [0.2, 0.25) is 0 Å². The molecule has 0 saturated heterocycles. The molecule has 0 bridgehead atoms. The van der Waals surface area contributed by atoms with Crippen molar-refractivity contribution in [1.29, 1.82) is 0 Å². The Morgan fingerprint density at radius 3 is 1.78 bits per heavy atom. The van der Waals surface area contributed by atoms with Crippen LogP contribution in [0.25, 0.3) is 11.1 Å². The van der Waals surface area contributed by atoms with Gasteiger partial charge < -0.3 is 5.11 Å². The second-order valence-corrected chi connectivity index (χ2v) is 9.33. The van der Waals surface area contributed by atoms with Crippen molar-refractivity contribution >= 4 is 5.97 Å². The number of halogens is 5. The highest BCUT2D eigenvalue weighted by atomic mass is 19.2. The van der Waals surface area contributed by atoms with E-state index in [9.17, 15) is 27.5 Å². The van der Waals surface area contributed by atoms with E-state index in [1.807, 2.05) is 24.3 Å². The summed E-state index contributed by atoms with van der Waals surface area (Å²) in [5.74, 6) is -9.46. The molecule has 1 N–H and O–H groups in total. The first kappa shape index (κ1) is 28.4. The standard InChI is InChI=1S/C30H31F5O2/c1-2-3-4-5-6-7-8-9-19-10-12-20(13-11-19)14-15-21-16-23(31)27(30(36)37)29(35)26(21)22-17-24(32)28(34)25(33)18-22/h10-13,16-18H,2-9,14-15H2,1H3,(H,36,37). The first-order valence-electron chi connectivity index (χ1n) is 12.7. The minimum absolute atomic E-state index is 0.0255. The van der Waals surface area contributed by atoms with Gasteiger partial charge in [-0.15, -0.1) is 0 Å². The molecule has 0 unspecified atom stereocenters. The third kappa shape index (κ3) is 7.40. The fourth-order valence-electron chi connectivity index (χ4n) is 4.51. The Morgan fingerprint density at radius 1 is 0.676 bits per heavy atom. The first-order valence-corrected chi connectivity index (χ1v) is 12.7. The van der Waals surface area contributed by atoms with Crippen molar-refractivity contribution in [2.24, 2.45) is 0 Å². The van der Waals surface area contributed by atoms with Gasteiger partial charge in [-0.25, -0.2) is 26.7 Å². The molecule has 0 aliphatic carbocycles. The van der Waals surface area contributed by atoms with E-state index < -0.39 is 51.7 Å². The van der Waals surface area contributed by atoms with Gasteiger partial charge in [-0.05, 0) is 66.1 Å². The summed E-state index contributed by atoms with van der Waals surface area (Å²) in [6, 6.07) is 9.86. The van der Waals surface area contributed by atoms with E-state index in [1.165, 1.54) is 44.1 Å². The van der Waals surface area contributed by atoms with Gasteiger partial charge in [0.2, 0.25) is 0 Å². The van der Waals surface area contributed by atoms with Crippen molar-refractivity contribution in [2.45, 2.75) is 71.1 Å². The Labute approximate surface area is 214 Å². The van der Waals surface area contributed by atoms with Crippen LogP contribution < -0.4 is 0 Å². The van der Waals surface area contributed by atoms with E-state index in [0.29, 0.717) is 18.6 Å². The van der Waals surface area contributed by atoms with E-state index in [1.54, 1.807) is 0 Å². The number of rotatable bonds is 13. The molecule has 0 radical (unpaired) electrons. The highest BCUT2D eigenvalue weighted by Gasteiger charge is 2.25. The lowest BCUT2D eigenvalue weighted by molar-refractivity contribution is 0.0686. The lowest BCUT2D eigenvalue weighted by atomic mass is 9.91. The number of carboxylic acids is 1. The third-order valence-corrected chi connectivity index (χ3v) is 6.56. The summed E-state index contributed by atoms with van der Waals surface area (Å²) in [6.45, 7) is 2.20. The van der Waals surface area contributed by atoms with Crippen LogP contribution in [0.4, 0.5) is 22.0 Å². The molecule has 198 valence electrons. The lowest BCUT2D eigenvalue weighted by Gasteiger charge is -2.15. The van der Waals surface area contributed by atoms with E-state index in [-0.39, 0.29) is 12.0 Å². The number of benzene rings is 3. The van der Waals surface area contributed by atoms with E-state index in [4.69, 9.17) is 0 Å². The van der Waals surface area contributed by atoms with Crippen LogP contribution in [0, 0.1) is 29.1 Å². The second-order valence-electron chi connectivity index (χ2n) is 9.33. The third-order valence-electron chi connectivity index (χ3n) is 6.56. The van der Waals surface area contributed by atoms with Gasteiger partial charge in [-0.2, -0.15) is 0 Å². The molecule has 0 spiro atoms. The zero-order valence-corrected chi connectivity index (χ0v) is 20.9. The highest BCUT2D eigenvalue weighted by Crippen LogP contribution is 2.33. The number of aryl methyl sites for hydroxylation is 3. The van der Waals surface area contributed by atoms with Gasteiger partial charge >= 0.3 is 5.97 Å². The van der Waals surface area contributed by atoms with Crippen LogP contribution in [-0.4, -0.2) is 11.1 Å². The average molecular weight is 519 g/mol. The van der Waals surface area contributed by atoms with E-state index in [2.05, 4.69) is 6.92 Å². The van der Waals surface area contributed by atoms with Gasteiger partial charge in [0.1, 0.15) is 17.2 Å². The maximum Gasteiger partial charge on any atom is 0.341 e. The normalized spacial score (nSPS) is 11.2. The van der Waals surface area contributed by atoms with Gasteiger partial charge in [0.25, 0.3) is 0 Å². The predicted octanol–water partition coefficient (Wildman–Crippen LogP) is 8.83. The molecule has 3 aromatic rings. The molecule has 0 aromatic heterocycles. The number of aromatic carboxylic acids is 1. The molecule has 7 heteroatoms. The Kier molecular flexibility index (Phi) is 10.2. The van der Waals surface area contributed by atoms with Gasteiger partial charge in [-0.3, -0.25) is 0 Å². The van der Waals surface area contributed by atoms with Crippen LogP contribution in [-0.2, 0) is 19.3 Å². The molecular weight excluding hydrogens is 487 g/mol. The topological polar surface area (TPSA) is 37.3 Å². The number of unbranched alkanes of at least 4 members (excludes halogenated alkanes) is 6. The molecule has 3 rings (SSSR count). The van der Waals surface area contributed by atoms with Gasteiger partial charge in [0, 0.05) is 5.56 Å². The monoisotopic (exact) mass is 518 g/mol. The van der Waals surface area contributed by atoms with Crippen molar-refractivity contribution in [3.05, 3.63) is 93.8 Å². The molecule has 0 fully saturated rings. The minimum atomic E-state index is -1.86. The number of carboxylic acid groups (broad SMARTS) is 1. The smallest absolute Gasteiger partial charge is 0.341 e. The van der Waals surface area contributed by atoms with Crippen LogP contribution in [0.15, 0.2) is 42.5 Å². The van der Waals surface area contributed by atoms with E-state index in [0.717, 1.165) is 24.5 Å². The zero-order valence-electron chi connectivity index (χ0n) is 20.9. The van der Waals surface area contributed by atoms with Crippen molar-refractivity contribution in [1.82, 2.24) is 0 Å². The van der Waals surface area contributed by atoms with Crippen molar-refractivity contribution in [2.75, 3.05) is 0 Å². The van der Waals surface area contributed by atoms with Gasteiger partial charge in [-0.1, -0.05) is 69.7 Å².